The molecule has 0 aliphatic carbocycles. The Kier molecular flexibility index (Phi) is 3.37. The van der Waals surface area contributed by atoms with Gasteiger partial charge in [0.25, 0.3) is 5.22 Å². The van der Waals surface area contributed by atoms with E-state index in [-0.39, 0.29) is 0 Å². The maximum absolute atomic E-state index is 5.23. The summed E-state index contributed by atoms with van der Waals surface area (Å²) in [7, 11) is 1.89. The summed E-state index contributed by atoms with van der Waals surface area (Å²) in [6.07, 6.45) is 3.24. The SMILES string of the molecule is CNc1nc2ccccc2cc1CSc1ncco1. The number of fused-ring (bicyclic) bond motifs is 1. The van der Waals surface area contributed by atoms with Gasteiger partial charge in [-0.15, -0.1) is 0 Å². The number of hydrogen-bond donors (Lipinski definition) is 1. The van der Waals surface area contributed by atoms with Crippen LogP contribution in [0.3, 0.4) is 0 Å². The molecule has 0 saturated heterocycles. The van der Waals surface area contributed by atoms with E-state index in [9.17, 15) is 0 Å². The second-order valence-electron chi connectivity index (χ2n) is 4.03. The van der Waals surface area contributed by atoms with E-state index in [1.54, 1.807) is 24.2 Å². The maximum atomic E-state index is 5.23. The van der Waals surface area contributed by atoms with Crippen molar-refractivity contribution in [1.29, 1.82) is 0 Å². The summed E-state index contributed by atoms with van der Waals surface area (Å²) >= 11 is 1.56. The Balaban J connectivity index is 1.92. The highest BCUT2D eigenvalue weighted by Gasteiger charge is 2.07. The van der Waals surface area contributed by atoms with Crippen LogP contribution in [-0.2, 0) is 5.75 Å². The Labute approximate surface area is 115 Å². The Bertz CT molecular complexity index is 682. The van der Waals surface area contributed by atoms with Crippen molar-refractivity contribution in [2.75, 3.05) is 12.4 Å². The fraction of sp³-hybridized carbons (Fsp3) is 0.143. The molecule has 0 saturated carbocycles. The molecule has 4 nitrogen and oxygen atoms in total. The van der Waals surface area contributed by atoms with Crippen molar-refractivity contribution in [2.24, 2.45) is 0 Å². The van der Waals surface area contributed by atoms with E-state index in [1.807, 2.05) is 25.2 Å². The molecule has 2 heterocycles. The molecule has 19 heavy (non-hydrogen) atoms. The van der Waals surface area contributed by atoms with Crippen LogP contribution >= 0.6 is 11.8 Å². The molecule has 2 aromatic heterocycles. The number of rotatable bonds is 4. The number of thioether (sulfide) groups is 1. The molecule has 3 aromatic rings. The van der Waals surface area contributed by atoms with Crippen molar-refractivity contribution >= 4 is 28.5 Å². The zero-order valence-corrected chi connectivity index (χ0v) is 11.3. The molecule has 0 bridgehead atoms. The Morgan fingerprint density at radius 3 is 3.00 bits per heavy atom. The summed E-state index contributed by atoms with van der Waals surface area (Å²) in [5, 5.41) is 4.96. The number of para-hydroxylation sites is 1. The fourth-order valence-corrected chi connectivity index (χ4v) is 2.67. The highest BCUT2D eigenvalue weighted by Crippen LogP contribution is 2.27. The molecular formula is C14H13N3OS. The average Bonchev–Trinajstić information content (AvgIpc) is 2.97. The smallest absolute Gasteiger partial charge is 0.255 e. The summed E-state index contributed by atoms with van der Waals surface area (Å²) in [6, 6.07) is 10.3. The van der Waals surface area contributed by atoms with Gasteiger partial charge in [0, 0.05) is 23.8 Å². The molecule has 96 valence electrons. The monoisotopic (exact) mass is 271 g/mol. The molecule has 1 N–H and O–H groups in total. The number of nitrogens with one attached hydrogen (secondary N) is 1. The molecule has 0 atom stereocenters. The van der Waals surface area contributed by atoms with Gasteiger partial charge in [0.2, 0.25) is 0 Å². The lowest BCUT2D eigenvalue weighted by Crippen LogP contribution is -1.98. The third-order valence-corrected chi connectivity index (χ3v) is 3.70. The van der Waals surface area contributed by atoms with Crippen LogP contribution in [0, 0.1) is 0 Å². The first-order valence-electron chi connectivity index (χ1n) is 5.95. The largest absolute Gasteiger partial charge is 0.440 e. The van der Waals surface area contributed by atoms with E-state index in [0.717, 1.165) is 28.0 Å². The molecule has 1 aromatic carbocycles. The molecule has 0 fully saturated rings. The minimum atomic E-state index is 0.676. The molecular weight excluding hydrogens is 258 g/mol. The lowest BCUT2D eigenvalue weighted by molar-refractivity contribution is 0.454. The highest BCUT2D eigenvalue weighted by atomic mass is 32.2. The minimum absolute atomic E-state index is 0.676. The molecule has 0 unspecified atom stereocenters. The predicted molar refractivity (Wildman–Crippen MR) is 77.4 cm³/mol. The van der Waals surface area contributed by atoms with E-state index < -0.39 is 0 Å². The van der Waals surface area contributed by atoms with Crippen molar-refractivity contribution in [2.45, 2.75) is 11.0 Å². The van der Waals surface area contributed by atoms with E-state index in [4.69, 9.17) is 4.42 Å². The van der Waals surface area contributed by atoms with Gasteiger partial charge in [0.15, 0.2) is 0 Å². The third kappa shape index (κ3) is 2.56. The highest BCUT2D eigenvalue weighted by molar-refractivity contribution is 7.98. The van der Waals surface area contributed by atoms with Gasteiger partial charge in [-0.05, 0) is 12.1 Å². The van der Waals surface area contributed by atoms with E-state index in [2.05, 4.69) is 27.4 Å². The number of hydrogen-bond acceptors (Lipinski definition) is 5. The molecule has 0 amide bonds. The number of pyridine rings is 1. The van der Waals surface area contributed by atoms with Crippen molar-refractivity contribution in [1.82, 2.24) is 9.97 Å². The molecule has 0 spiro atoms. The number of benzene rings is 1. The molecule has 3 rings (SSSR count). The zero-order chi connectivity index (χ0) is 13.1. The maximum Gasteiger partial charge on any atom is 0.255 e. The van der Waals surface area contributed by atoms with Crippen molar-refractivity contribution < 1.29 is 4.42 Å². The number of aromatic nitrogens is 2. The van der Waals surface area contributed by atoms with E-state index in [1.165, 1.54) is 0 Å². The lowest BCUT2D eigenvalue weighted by atomic mass is 10.1. The lowest BCUT2D eigenvalue weighted by Gasteiger charge is -2.09. The quantitative estimate of drug-likeness (QED) is 0.735. The zero-order valence-electron chi connectivity index (χ0n) is 10.5. The summed E-state index contributed by atoms with van der Waals surface area (Å²) in [5.41, 5.74) is 2.14. The van der Waals surface area contributed by atoms with Crippen molar-refractivity contribution in [3.05, 3.63) is 48.4 Å². The first kappa shape index (κ1) is 12.0. The molecule has 0 aliphatic rings. The Morgan fingerprint density at radius 2 is 2.21 bits per heavy atom. The van der Waals surface area contributed by atoms with Gasteiger partial charge in [0.05, 0.1) is 11.7 Å². The predicted octanol–water partition coefficient (Wildman–Crippen LogP) is 3.56. The second kappa shape index (κ2) is 5.32. The van der Waals surface area contributed by atoms with Gasteiger partial charge < -0.3 is 9.73 Å². The summed E-state index contributed by atoms with van der Waals surface area (Å²) < 4.78 is 5.23. The van der Waals surface area contributed by atoms with E-state index in [0.29, 0.717) is 5.22 Å². The van der Waals surface area contributed by atoms with Crippen LogP contribution in [0.25, 0.3) is 10.9 Å². The fourth-order valence-electron chi connectivity index (χ4n) is 1.91. The van der Waals surface area contributed by atoms with Gasteiger partial charge in [-0.3, -0.25) is 0 Å². The topological polar surface area (TPSA) is 51.0 Å². The summed E-state index contributed by atoms with van der Waals surface area (Å²) in [6.45, 7) is 0. The summed E-state index contributed by atoms with van der Waals surface area (Å²) in [5.74, 6) is 1.67. The third-order valence-electron chi connectivity index (χ3n) is 2.80. The van der Waals surface area contributed by atoms with Crippen LogP contribution in [-0.4, -0.2) is 17.0 Å². The van der Waals surface area contributed by atoms with Gasteiger partial charge in [-0.1, -0.05) is 30.0 Å². The average molecular weight is 271 g/mol. The summed E-state index contributed by atoms with van der Waals surface area (Å²) in [4.78, 5) is 8.72. The number of nitrogens with zero attached hydrogens (tertiary/aromatic N) is 2. The van der Waals surface area contributed by atoms with Gasteiger partial charge >= 0.3 is 0 Å². The van der Waals surface area contributed by atoms with Gasteiger partial charge in [-0.2, -0.15) is 0 Å². The van der Waals surface area contributed by atoms with Crippen LogP contribution in [0.15, 0.2) is 52.4 Å². The van der Waals surface area contributed by atoms with Crippen LogP contribution < -0.4 is 5.32 Å². The van der Waals surface area contributed by atoms with E-state index >= 15 is 0 Å². The molecule has 0 radical (unpaired) electrons. The standard InChI is InChI=1S/C14H13N3OS/c1-15-13-11(9-19-14-16-6-7-18-14)8-10-4-2-3-5-12(10)17-13/h2-8H,9H2,1H3,(H,15,17). The second-order valence-corrected chi connectivity index (χ2v) is 4.95. The van der Waals surface area contributed by atoms with Crippen LogP contribution in [0.4, 0.5) is 5.82 Å². The van der Waals surface area contributed by atoms with Crippen molar-refractivity contribution in [3.8, 4) is 0 Å². The van der Waals surface area contributed by atoms with Crippen LogP contribution in [0.2, 0.25) is 0 Å². The number of anilines is 1. The Morgan fingerprint density at radius 1 is 1.32 bits per heavy atom. The van der Waals surface area contributed by atoms with Gasteiger partial charge in [-0.25, -0.2) is 9.97 Å². The molecule has 5 heteroatoms. The normalized spacial score (nSPS) is 10.8. The first-order valence-corrected chi connectivity index (χ1v) is 6.94. The number of oxazole rings is 1. The minimum Gasteiger partial charge on any atom is -0.440 e. The van der Waals surface area contributed by atoms with Crippen LogP contribution in [0.5, 0.6) is 0 Å². The molecule has 0 aliphatic heterocycles. The first-order chi connectivity index (χ1) is 9.36. The van der Waals surface area contributed by atoms with Crippen molar-refractivity contribution in [3.63, 3.8) is 0 Å². The Hall–Kier alpha value is -2.01. The van der Waals surface area contributed by atoms with Crippen LogP contribution in [0.1, 0.15) is 5.56 Å². The van der Waals surface area contributed by atoms with Gasteiger partial charge in [0.1, 0.15) is 12.1 Å².